The van der Waals surface area contributed by atoms with Crippen molar-refractivity contribution in [2.45, 2.75) is 18.5 Å². The number of amidine groups is 1. The summed E-state index contributed by atoms with van der Waals surface area (Å²) < 4.78 is 0. The molecule has 0 radical (unpaired) electrons. The van der Waals surface area contributed by atoms with Crippen molar-refractivity contribution in [3.8, 4) is 0 Å². The van der Waals surface area contributed by atoms with Crippen LogP contribution in [0.25, 0.3) is 0 Å². The molecule has 1 saturated heterocycles. The molecule has 0 saturated carbocycles. The van der Waals surface area contributed by atoms with Gasteiger partial charge in [0.2, 0.25) is 0 Å². The van der Waals surface area contributed by atoms with Crippen molar-refractivity contribution in [2.75, 3.05) is 24.5 Å². The maximum Gasteiger partial charge on any atom is 0.269 e. The average Bonchev–Trinajstić information content (AvgIpc) is 3.29. The van der Waals surface area contributed by atoms with E-state index >= 15 is 0 Å². The number of aliphatic imine (C=N–C) groups is 1. The van der Waals surface area contributed by atoms with Crippen molar-refractivity contribution in [3.05, 3.63) is 69.8 Å². The van der Waals surface area contributed by atoms with E-state index in [9.17, 15) is 10.1 Å². The summed E-state index contributed by atoms with van der Waals surface area (Å²) in [6.45, 7) is 2.77. The van der Waals surface area contributed by atoms with E-state index in [1.165, 1.54) is 16.8 Å². The van der Waals surface area contributed by atoms with Gasteiger partial charge in [-0.2, -0.15) is 0 Å². The number of anilines is 1. The van der Waals surface area contributed by atoms with E-state index in [0.717, 1.165) is 31.9 Å². The quantitative estimate of drug-likeness (QED) is 0.626. The molecule has 1 fully saturated rings. The molecule has 3 aliphatic heterocycles. The summed E-state index contributed by atoms with van der Waals surface area (Å²) in [6, 6.07) is 15.6. The fraction of sp³-hybridized carbons (Fsp3) is 0.316. The molecule has 2 atom stereocenters. The van der Waals surface area contributed by atoms with E-state index in [-0.39, 0.29) is 16.8 Å². The number of non-ortho nitro benzene ring substituents is 1. The molecule has 2 aromatic carbocycles. The van der Waals surface area contributed by atoms with E-state index in [1.807, 2.05) is 12.1 Å². The van der Waals surface area contributed by atoms with E-state index in [4.69, 9.17) is 4.99 Å². The van der Waals surface area contributed by atoms with E-state index in [1.54, 1.807) is 12.1 Å². The van der Waals surface area contributed by atoms with Crippen LogP contribution in [0.5, 0.6) is 0 Å². The lowest BCUT2D eigenvalue weighted by molar-refractivity contribution is -0.384. The number of benzene rings is 2. The van der Waals surface area contributed by atoms with Gasteiger partial charge in [0.05, 0.1) is 11.5 Å². The molecule has 2 unspecified atom stereocenters. The van der Waals surface area contributed by atoms with Crippen LogP contribution in [0.1, 0.15) is 23.5 Å². The molecule has 25 heavy (non-hydrogen) atoms. The van der Waals surface area contributed by atoms with Crippen LogP contribution < -0.4 is 4.90 Å². The monoisotopic (exact) mass is 334 g/mol. The van der Waals surface area contributed by atoms with Crippen molar-refractivity contribution >= 4 is 17.2 Å². The molecule has 0 aromatic heterocycles. The second-order valence-electron chi connectivity index (χ2n) is 6.77. The number of rotatable bonds is 2. The zero-order valence-corrected chi connectivity index (χ0v) is 13.7. The molecule has 2 aromatic rings. The predicted molar refractivity (Wildman–Crippen MR) is 96.1 cm³/mol. The lowest BCUT2D eigenvalue weighted by atomic mass is 9.93. The standard InChI is InChI=1S/C19H18N4O2/c24-23(25)14-7-5-13(6-8-14)15-9-11-21-17-4-2-1-3-16(17)18-20-10-12-22(18)19(15)21/h1-8,15,19H,9-12H2. The molecular weight excluding hydrogens is 316 g/mol. The van der Waals surface area contributed by atoms with Crippen molar-refractivity contribution in [2.24, 2.45) is 4.99 Å². The topological polar surface area (TPSA) is 62.0 Å². The Morgan fingerprint density at radius 3 is 2.64 bits per heavy atom. The highest BCUT2D eigenvalue weighted by atomic mass is 16.6. The van der Waals surface area contributed by atoms with Crippen LogP contribution in [0.15, 0.2) is 53.5 Å². The maximum atomic E-state index is 10.9. The Kier molecular flexibility index (Phi) is 3.07. The van der Waals surface area contributed by atoms with Gasteiger partial charge in [-0.25, -0.2) is 0 Å². The van der Waals surface area contributed by atoms with E-state index < -0.39 is 0 Å². The highest BCUT2D eigenvalue weighted by Gasteiger charge is 2.46. The van der Waals surface area contributed by atoms with E-state index in [2.05, 4.69) is 34.1 Å². The molecule has 5 rings (SSSR count). The fourth-order valence-electron chi connectivity index (χ4n) is 4.48. The molecule has 0 aliphatic carbocycles. The summed E-state index contributed by atoms with van der Waals surface area (Å²) in [5.74, 6) is 1.43. The Balaban J connectivity index is 1.56. The first kappa shape index (κ1) is 14.5. The first-order chi connectivity index (χ1) is 12.2. The van der Waals surface area contributed by atoms with Crippen molar-refractivity contribution < 1.29 is 4.92 Å². The lowest BCUT2D eigenvalue weighted by Crippen LogP contribution is -2.53. The van der Waals surface area contributed by atoms with Crippen LogP contribution in [0.4, 0.5) is 11.4 Å². The predicted octanol–water partition coefficient (Wildman–Crippen LogP) is 2.99. The van der Waals surface area contributed by atoms with Crippen LogP contribution in [-0.2, 0) is 0 Å². The molecule has 3 aliphatic rings. The minimum Gasteiger partial charge on any atom is -0.350 e. The van der Waals surface area contributed by atoms with Crippen LogP contribution >= 0.6 is 0 Å². The van der Waals surface area contributed by atoms with Crippen molar-refractivity contribution in [1.82, 2.24) is 4.90 Å². The summed E-state index contributed by atoms with van der Waals surface area (Å²) >= 11 is 0. The highest BCUT2D eigenvalue weighted by Crippen LogP contribution is 2.44. The molecule has 0 bridgehead atoms. The third-order valence-electron chi connectivity index (χ3n) is 5.54. The Morgan fingerprint density at radius 1 is 1.04 bits per heavy atom. The van der Waals surface area contributed by atoms with Gasteiger partial charge in [-0.15, -0.1) is 0 Å². The number of nitrogens with zero attached hydrogens (tertiary/aromatic N) is 4. The maximum absolute atomic E-state index is 10.9. The van der Waals surface area contributed by atoms with Crippen molar-refractivity contribution in [3.63, 3.8) is 0 Å². The number of hydrogen-bond acceptors (Lipinski definition) is 5. The van der Waals surface area contributed by atoms with Gasteiger partial charge >= 0.3 is 0 Å². The number of para-hydroxylation sites is 1. The fourth-order valence-corrected chi connectivity index (χ4v) is 4.48. The van der Waals surface area contributed by atoms with Gasteiger partial charge in [-0.1, -0.05) is 24.3 Å². The Labute approximate surface area is 145 Å². The van der Waals surface area contributed by atoms with E-state index in [0.29, 0.717) is 5.92 Å². The third kappa shape index (κ3) is 2.06. The first-order valence-electron chi connectivity index (χ1n) is 8.65. The van der Waals surface area contributed by atoms with Crippen LogP contribution in [0.3, 0.4) is 0 Å². The minimum absolute atomic E-state index is 0.149. The SMILES string of the molecule is O=[N+]([O-])c1ccc(C2CCN3c4ccccc4C4=NCCN4C23)cc1. The minimum atomic E-state index is -0.340. The second-order valence-corrected chi connectivity index (χ2v) is 6.77. The number of hydrogen-bond donors (Lipinski definition) is 0. The molecule has 0 spiro atoms. The van der Waals surface area contributed by atoms with Gasteiger partial charge in [-0.05, 0) is 24.1 Å². The Morgan fingerprint density at radius 2 is 1.84 bits per heavy atom. The summed E-state index contributed by atoms with van der Waals surface area (Å²) in [5.41, 5.74) is 3.80. The third-order valence-corrected chi connectivity index (χ3v) is 5.54. The molecule has 6 nitrogen and oxygen atoms in total. The Hall–Kier alpha value is -2.89. The molecule has 0 amide bonds. The van der Waals surface area contributed by atoms with Crippen LogP contribution in [0.2, 0.25) is 0 Å². The molecule has 126 valence electrons. The van der Waals surface area contributed by atoms with Crippen LogP contribution in [-0.4, -0.2) is 41.5 Å². The normalized spacial score (nSPS) is 23.8. The Bertz CT molecular complexity index is 877. The zero-order valence-electron chi connectivity index (χ0n) is 13.7. The largest absolute Gasteiger partial charge is 0.350 e. The second kappa shape index (κ2) is 5.31. The lowest BCUT2D eigenvalue weighted by Gasteiger charge is -2.43. The van der Waals surface area contributed by atoms with Gasteiger partial charge in [0.25, 0.3) is 5.69 Å². The number of nitro groups is 1. The molecular formula is C19H18N4O2. The summed E-state index contributed by atoms with van der Waals surface area (Å²) in [4.78, 5) is 20.2. The average molecular weight is 334 g/mol. The van der Waals surface area contributed by atoms with Gasteiger partial charge in [0.1, 0.15) is 12.0 Å². The zero-order chi connectivity index (χ0) is 17.0. The summed E-state index contributed by atoms with van der Waals surface area (Å²) in [7, 11) is 0. The summed E-state index contributed by atoms with van der Waals surface area (Å²) in [5, 5.41) is 10.9. The number of nitro benzene ring substituents is 1. The summed E-state index contributed by atoms with van der Waals surface area (Å²) in [6.07, 6.45) is 1.29. The number of fused-ring (bicyclic) bond motifs is 6. The van der Waals surface area contributed by atoms with Crippen molar-refractivity contribution in [1.29, 1.82) is 0 Å². The van der Waals surface area contributed by atoms with Gasteiger partial charge in [-0.3, -0.25) is 15.1 Å². The highest BCUT2D eigenvalue weighted by molar-refractivity contribution is 6.06. The van der Waals surface area contributed by atoms with Crippen LogP contribution in [0, 0.1) is 10.1 Å². The van der Waals surface area contributed by atoms with Gasteiger partial charge in [0.15, 0.2) is 0 Å². The van der Waals surface area contributed by atoms with Gasteiger partial charge < -0.3 is 9.80 Å². The molecule has 6 heteroatoms. The first-order valence-corrected chi connectivity index (χ1v) is 8.65. The molecule has 0 N–H and O–H groups in total. The smallest absolute Gasteiger partial charge is 0.269 e. The van der Waals surface area contributed by atoms with Gasteiger partial charge in [0, 0.05) is 42.4 Å². The molecule has 3 heterocycles.